The van der Waals surface area contributed by atoms with Gasteiger partial charge in [0, 0.05) is 6.04 Å². The average molecular weight is 231 g/mol. The van der Waals surface area contributed by atoms with Crippen molar-refractivity contribution in [3.63, 3.8) is 0 Å². The van der Waals surface area contributed by atoms with E-state index in [1.807, 2.05) is 0 Å². The summed E-state index contributed by atoms with van der Waals surface area (Å²) in [5, 5.41) is 3.57. The fourth-order valence-corrected chi connectivity index (χ4v) is 2.11. The zero-order valence-electron chi connectivity index (χ0n) is 11.6. The topological polar surface area (TPSA) is 12.0 Å². The fourth-order valence-electron chi connectivity index (χ4n) is 2.11. The van der Waals surface area contributed by atoms with Gasteiger partial charge in [-0.15, -0.1) is 0 Å². The molecule has 0 saturated heterocycles. The molecule has 0 bridgehead atoms. The van der Waals surface area contributed by atoms with E-state index in [-0.39, 0.29) is 0 Å². The van der Waals surface area contributed by atoms with E-state index in [1.165, 1.54) is 22.3 Å². The zero-order valence-corrected chi connectivity index (χ0v) is 11.6. The minimum atomic E-state index is 0.410. The molecule has 1 N–H and O–H groups in total. The van der Waals surface area contributed by atoms with Crippen LogP contribution >= 0.6 is 0 Å². The third kappa shape index (κ3) is 4.01. The van der Waals surface area contributed by atoms with Crippen molar-refractivity contribution in [3.05, 3.63) is 47.0 Å². The minimum absolute atomic E-state index is 0.410. The molecule has 0 fully saturated rings. The van der Waals surface area contributed by atoms with Gasteiger partial charge in [0.05, 0.1) is 0 Å². The monoisotopic (exact) mass is 231 g/mol. The molecule has 1 heteroatoms. The van der Waals surface area contributed by atoms with Crippen LogP contribution in [0, 0.1) is 13.8 Å². The lowest BCUT2D eigenvalue weighted by Crippen LogP contribution is -2.22. The molecule has 1 aromatic rings. The van der Waals surface area contributed by atoms with Gasteiger partial charge in [0.15, 0.2) is 0 Å². The van der Waals surface area contributed by atoms with Crippen LogP contribution in [0.25, 0.3) is 0 Å². The van der Waals surface area contributed by atoms with Gasteiger partial charge in [0.25, 0.3) is 0 Å². The summed E-state index contributed by atoms with van der Waals surface area (Å²) in [7, 11) is 0. The first-order valence-corrected chi connectivity index (χ1v) is 6.55. The van der Waals surface area contributed by atoms with Crippen LogP contribution in [0.1, 0.15) is 49.4 Å². The molecule has 0 aromatic heterocycles. The molecule has 0 amide bonds. The standard InChI is InChI=1S/C16H25N/c1-6-12(3)11-16(17-7-2)15-10-13(4)8-9-14(15)5/h8-10,16-17H,3,6-7,11H2,1-2,4-5H3. The van der Waals surface area contributed by atoms with Gasteiger partial charge in [-0.25, -0.2) is 0 Å². The fraction of sp³-hybridized carbons (Fsp3) is 0.500. The Labute approximate surface area is 106 Å². The molecule has 17 heavy (non-hydrogen) atoms. The zero-order chi connectivity index (χ0) is 12.8. The van der Waals surface area contributed by atoms with E-state index in [2.05, 4.69) is 57.8 Å². The van der Waals surface area contributed by atoms with E-state index in [1.54, 1.807) is 0 Å². The minimum Gasteiger partial charge on any atom is -0.310 e. The Morgan fingerprint density at radius 2 is 2.00 bits per heavy atom. The maximum absolute atomic E-state index is 4.13. The van der Waals surface area contributed by atoms with Crippen molar-refractivity contribution in [1.82, 2.24) is 5.32 Å². The van der Waals surface area contributed by atoms with Gasteiger partial charge in [0.2, 0.25) is 0 Å². The smallest absolute Gasteiger partial charge is 0.0360 e. The van der Waals surface area contributed by atoms with E-state index >= 15 is 0 Å². The first-order valence-electron chi connectivity index (χ1n) is 6.55. The molecule has 1 aromatic carbocycles. The summed E-state index contributed by atoms with van der Waals surface area (Å²) < 4.78 is 0. The lowest BCUT2D eigenvalue weighted by Gasteiger charge is -2.21. The molecule has 0 heterocycles. The Bertz CT molecular complexity index is 379. The van der Waals surface area contributed by atoms with Gasteiger partial charge in [-0.3, -0.25) is 0 Å². The Morgan fingerprint density at radius 1 is 1.29 bits per heavy atom. The highest BCUT2D eigenvalue weighted by Gasteiger charge is 2.13. The van der Waals surface area contributed by atoms with E-state index in [4.69, 9.17) is 0 Å². The second-order valence-corrected chi connectivity index (χ2v) is 4.78. The number of hydrogen-bond acceptors (Lipinski definition) is 1. The Morgan fingerprint density at radius 3 is 2.59 bits per heavy atom. The van der Waals surface area contributed by atoms with Crippen molar-refractivity contribution in [2.24, 2.45) is 0 Å². The van der Waals surface area contributed by atoms with Crippen LogP contribution in [0.3, 0.4) is 0 Å². The molecule has 1 atom stereocenters. The highest BCUT2D eigenvalue weighted by atomic mass is 14.9. The number of hydrogen-bond donors (Lipinski definition) is 1. The lowest BCUT2D eigenvalue weighted by atomic mass is 9.93. The molecular formula is C16H25N. The number of benzene rings is 1. The first-order chi connectivity index (χ1) is 8.08. The Balaban J connectivity index is 2.95. The summed E-state index contributed by atoms with van der Waals surface area (Å²) >= 11 is 0. The van der Waals surface area contributed by atoms with Crippen molar-refractivity contribution in [2.45, 2.75) is 46.6 Å². The molecule has 0 radical (unpaired) electrons. The van der Waals surface area contributed by atoms with E-state index in [9.17, 15) is 0 Å². The van der Waals surface area contributed by atoms with Crippen LogP contribution in [0.15, 0.2) is 30.4 Å². The number of aryl methyl sites for hydroxylation is 2. The predicted octanol–water partition coefficient (Wildman–Crippen LogP) is 4.31. The average Bonchev–Trinajstić information content (AvgIpc) is 2.31. The van der Waals surface area contributed by atoms with Gasteiger partial charge in [-0.1, -0.05) is 49.8 Å². The third-order valence-electron chi connectivity index (χ3n) is 3.25. The lowest BCUT2D eigenvalue weighted by molar-refractivity contribution is 0.540. The molecule has 0 aliphatic rings. The van der Waals surface area contributed by atoms with Crippen LogP contribution in [0.5, 0.6) is 0 Å². The van der Waals surface area contributed by atoms with Crippen molar-refractivity contribution in [2.75, 3.05) is 6.54 Å². The summed E-state index contributed by atoms with van der Waals surface area (Å²) in [6.07, 6.45) is 2.10. The molecule has 1 rings (SSSR count). The van der Waals surface area contributed by atoms with Crippen LogP contribution in [-0.4, -0.2) is 6.54 Å². The highest BCUT2D eigenvalue weighted by molar-refractivity contribution is 5.33. The van der Waals surface area contributed by atoms with Crippen LogP contribution < -0.4 is 5.32 Å². The second-order valence-electron chi connectivity index (χ2n) is 4.78. The van der Waals surface area contributed by atoms with Crippen molar-refractivity contribution in [1.29, 1.82) is 0 Å². The van der Waals surface area contributed by atoms with E-state index in [0.717, 1.165) is 19.4 Å². The number of rotatable bonds is 6. The van der Waals surface area contributed by atoms with Gasteiger partial charge >= 0.3 is 0 Å². The Kier molecular flexibility index (Phi) is 5.43. The summed E-state index contributed by atoms with van der Waals surface area (Å²) in [6.45, 7) is 13.8. The molecular weight excluding hydrogens is 206 g/mol. The summed E-state index contributed by atoms with van der Waals surface area (Å²) in [5.41, 5.74) is 5.43. The van der Waals surface area contributed by atoms with Crippen molar-refractivity contribution in [3.8, 4) is 0 Å². The molecule has 0 spiro atoms. The van der Waals surface area contributed by atoms with Gasteiger partial charge in [-0.2, -0.15) is 0 Å². The normalized spacial score (nSPS) is 12.5. The predicted molar refractivity (Wildman–Crippen MR) is 76.4 cm³/mol. The maximum atomic E-state index is 4.13. The SMILES string of the molecule is C=C(CC)CC(NCC)c1cc(C)ccc1C. The van der Waals surface area contributed by atoms with Crippen molar-refractivity contribution >= 4 is 0 Å². The molecule has 1 nitrogen and oxygen atoms in total. The van der Waals surface area contributed by atoms with Gasteiger partial charge in [-0.05, 0) is 44.4 Å². The van der Waals surface area contributed by atoms with Gasteiger partial charge < -0.3 is 5.32 Å². The highest BCUT2D eigenvalue weighted by Crippen LogP contribution is 2.25. The van der Waals surface area contributed by atoms with Crippen LogP contribution in [0.2, 0.25) is 0 Å². The summed E-state index contributed by atoms with van der Waals surface area (Å²) in [6, 6.07) is 7.10. The maximum Gasteiger partial charge on any atom is 0.0360 e. The van der Waals surface area contributed by atoms with Crippen molar-refractivity contribution < 1.29 is 0 Å². The van der Waals surface area contributed by atoms with Crippen LogP contribution in [0.4, 0.5) is 0 Å². The summed E-state index contributed by atoms with van der Waals surface area (Å²) in [4.78, 5) is 0. The molecule has 94 valence electrons. The second kappa shape index (κ2) is 6.61. The summed E-state index contributed by atoms with van der Waals surface area (Å²) in [5.74, 6) is 0. The molecule has 0 saturated carbocycles. The molecule has 0 aliphatic carbocycles. The Hall–Kier alpha value is -1.08. The number of nitrogens with one attached hydrogen (secondary N) is 1. The van der Waals surface area contributed by atoms with E-state index < -0.39 is 0 Å². The quantitative estimate of drug-likeness (QED) is 0.719. The van der Waals surface area contributed by atoms with Gasteiger partial charge in [0.1, 0.15) is 0 Å². The van der Waals surface area contributed by atoms with E-state index in [0.29, 0.717) is 6.04 Å². The molecule has 0 aliphatic heterocycles. The third-order valence-corrected chi connectivity index (χ3v) is 3.25. The van der Waals surface area contributed by atoms with Crippen LogP contribution in [-0.2, 0) is 0 Å². The first kappa shape index (κ1) is 14.0. The largest absolute Gasteiger partial charge is 0.310 e. The molecule has 1 unspecified atom stereocenters.